The smallest absolute Gasteiger partial charge is 0.217 e. The van der Waals surface area contributed by atoms with Crippen LogP contribution in [0.5, 0.6) is 0 Å². The van der Waals surface area contributed by atoms with E-state index in [4.69, 9.17) is 14.5 Å². The normalized spacial score (nSPS) is 15.6. The van der Waals surface area contributed by atoms with Gasteiger partial charge in [0.15, 0.2) is 0 Å². The first-order valence-electron chi connectivity index (χ1n) is 12.0. The highest BCUT2D eigenvalue weighted by molar-refractivity contribution is 7.80. The molecule has 0 aliphatic carbocycles. The minimum atomic E-state index is -0.754. The number of rotatable bonds is 8. The Morgan fingerprint density at radius 2 is 1.31 bits per heavy atom. The average molecular weight is 480 g/mol. The summed E-state index contributed by atoms with van der Waals surface area (Å²) in [6, 6.07) is 40.2. The lowest BCUT2D eigenvalue weighted by molar-refractivity contribution is -0.0499. The molecule has 0 amide bonds. The molecule has 4 aromatic rings. The zero-order valence-electron chi connectivity index (χ0n) is 20.2. The minimum absolute atomic E-state index is 0.0750. The van der Waals surface area contributed by atoms with Gasteiger partial charge in [0.05, 0.1) is 12.2 Å². The van der Waals surface area contributed by atoms with Gasteiger partial charge in [-0.1, -0.05) is 109 Å². The van der Waals surface area contributed by atoms with E-state index in [1.807, 2.05) is 18.2 Å². The van der Waals surface area contributed by atoms with Crippen LogP contribution >= 0.6 is 7.92 Å². The van der Waals surface area contributed by atoms with Crippen LogP contribution < -0.4 is 15.9 Å². The summed E-state index contributed by atoms with van der Waals surface area (Å²) in [6.07, 6.45) is 0. The first kappa shape index (κ1) is 23.5. The molecule has 1 heterocycles. The molecule has 4 heteroatoms. The molecular weight excluding hydrogens is 449 g/mol. The van der Waals surface area contributed by atoms with Gasteiger partial charge >= 0.3 is 0 Å². The van der Waals surface area contributed by atoms with Gasteiger partial charge in [-0.05, 0) is 49.3 Å². The topological polar surface area (TPSA) is 30.8 Å². The van der Waals surface area contributed by atoms with E-state index in [9.17, 15) is 0 Å². The quantitative estimate of drug-likeness (QED) is 0.309. The molecular formula is C31H30NO2P. The number of benzene rings is 4. The van der Waals surface area contributed by atoms with Crippen molar-refractivity contribution in [3.63, 3.8) is 0 Å². The van der Waals surface area contributed by atoms with E-state index in [2.05, 4.69) is 111 Å². The monoisotopic (exact) mass is 479 g/mol. The molecule has 4 aromatic carbocycles. The molecule has 0 N–H and O–H groups in total. The van der Waals surface area contributed by atoms with Crippen molar-refractivity contribution in [3.8, 4) is 0 Å². The lowest BCUT2D eigenvalue weighted by atomic mass is 10.00. The van der Waals surface area contributed by atoms with Crippen molar-refractivity contribution in [3.05, 3.63) is 126 Å². The maximum absolute atomic E-state index is 6.32. The zero-order chi connectivity index (χ0) is 24.1. The highest BCUT2D eigenvalue weighted by atomic mass is 31.1. The van der Waals surface area contributed by atoms with Crippen molar-refractivity contribution < 1.29 is 9.47 Å². The minimum Gasteiger partial charge on any atom is -0.475 e. The predicted octanol–water partition coefficient (Wildman–Crippen LogP) is 5.59. The van der Waals surface area contributed by atoms with Gasteiger partial charge in [-0.15, -0.1) is 0 Å². The summed E-state index contributed by atoms with van der Waals surface area (Å²) >= 11 is 0. The van der Waals surface area contributed by atoms with E-state index in [0.717, 1.165) is 11.1 Å². The van der Waals surface area contributed by atoms with Gasteiger partial charge in [0.25, 0.3) is 0 Å². The summed E-state index contributed by atoms with van der Waals surface area (Å²) in [5.74, 6) is 0.710. The molecule has 1 aliphatic heterocycles. The van der Waals surface area contributed by atoms with Crippen LogP contribution in [0.2, 0.25) is 0 Å². The molecule has 0 radical (unpaired) electrons. The number of aliphatic imine (C=N–C) groups is 1. The summed E-state index contributed by atoms with van der Waals surface area (Å²) in [6.45, 7) is 5.27. The van der Waals surface area contributed by atoms with E-state index in [1.54, 1.807) is 0 Å². The van der Waals surface area contributed by atoms with Crippen LogP contribution in [-0.4, -0.2) is 24.1 Å². The first-order chi connectivity index (χ1) is 17.1. The first-order valence-corrected chi connectivity index (χ1v) is 13.3. The van der Waals surface area contributed by atoms with Gasteiger partial charge in [0.2, 0.25) is 5.90 Å². The van der Waals surface area contributed by atoms with E-state index in [1.165, 1.54) is 15.9 Å². The summed E-state index contributed by atoms with van der Waals surface area (Å²) in [7, 11) is -0.754. The zero-order valence-corrected chi connectivity index (χ0v) is 21.1. The lowest BCUT2D eigenvalue weighted by Gasteiger charge is -2.28. The van der Waals surface area contributed by atoms with Crippen molar-refractivity contribution >= 4 is 29.7 Å². The average Bonchev–Trinajstić information content (AvgIpc) is 3.41. The second-order valence-electron chi connectivity index (χ2n) is 9.16. The molecule has 3 nitrogen and oxygen atoms in total. The van der Waals surface area contributed by atoms with Crippen molar-refractivity contribution in [1.82, 2.24) is 0 Å². The number of hydrogen-bond donors (Lipinski definition) is 0. The van der Waals surface area contributed by atoms with Crippen LogP contribution in [0, 0.1) is 0 Å². The molecule has 0 aromatic heterocycles. The summed E-state index contributed by atoms with van der Waals surface area (Å²) < 4.78 is 12.5. The number of hydrogen-bond acceptors (Lipinski definition) is 3. The van der Waals surface area contributed by atoms with Gasteiger partial charge in [0.1, 0.15) is 12.6 Å². The van der Waals surface area contributed by atoms with E-state index in [0.29, 0.717) is 19.1 Å². The Labute approximate surface area is 209 Å². The molecule has 0 saturated heterocycles. The lowest BCUT2D eigenvalue weighted by Crippen LogP contribution is -2.38. The summed E-state index contributed by atoms with van der Waals surface area (Å²) in [5, 5.41) is 3.87. The molecule has 0 spiro atoms. The highest BCUT2D eigenvalue weighted by Crippen LogP contribution is 2.35. The summed E-state index contributed by atoms with van der Waals surface area (Å²) in [4.78, 5) is 5.05. The fourth-order valence-corrected chi connectivity index (χ4v) is 6.69. The van der Waals surface area contributed by atoms with Crippen molar-refractivity contribution in [2.45, 2.75) is 32.1 Å². The van der Waals surface area contributed by atoms with Crippen LogP contribution in [0.1, 0.15) is 25.0 Å². The van der Waals surface area contributed by atoms with Crippen LogP contribution in [0.3, 0.4) is 0 Å². The molecule has 35 heavy (non-hydrogen) atoms. The molecule has 0 fully saturated rings. The molecule has 1 aliphatic rings. The Hall–Kier alpha value is -3.26. The van der Waals surface area contributed by atoms with Crippen LogP contribution in [0.25, 0.3) is 0 Å². The van der Waals surface area contributed by atoms with E-state index in [-0.39, 0.29) is 6.04 Å². The van der Waals surface area contributed by atoms with Crippen molar-refractivity contribution in [1.29, 1.82) is 0 Å². The molecule has 1 atom stereocenters. The standard InChI is InChI=1S/C31H30NO2P/c1-31(2,34-22-24-14-6-3-7-15-24)29-23-33-30(32-29)27-20-12-13-21-28(27)35(25-16-8-4-9-17-25)26-18-10-5-11-19-26/h3-21,29H,22-23H2,1-2H3/t29-/m1/s1. The Morgan fingerprint density at radius 3 is 1.94 bits per heavy atom. The largest absolute Gasteiger partial charge is 0.475 e. The van der Waals surface area contributed by atoms with Gasteiger partial charge in [-0.3, -0.25) is 0 Å². The van der Waals surface area contributed by atoms with Crippen molar-refractivity contribution in [2.75, 3.05) is 6.61 Å². The third kappa shape index (κ3) is 5.37. The molecule has 0 unspecified atom stereocenters. The van der Waals surface area contributed by atoms with Gasteiger partial charge in [0, 0.05) is 5.56 Å². The molecule has 0 bridgehead atoms. The third-order valence-corrected chi connectivity index (χ3v) is 8.81. The van der Waals surface area contributed by atoms with E-state index >= 15 is 0 Å². The Bertz CT molecular complexity index is 1230. The van der Waals surface area contributed by atoms with Gasteiger partial charge in [-0.2, -0.15) is 0 Å². The predicted molar refractivity (Wildman–Crippen MR) is 147 cm³/mol. The molecule has 5 rings (SSSR count). The fourth-order valence-electron chi connectivity index (χ4n) is 4.25. The maximum Gasteiger partial charge on any atom is 0.217 e. The fraction of sp³-hybridized carbons (Fsp3) is 0.194. The Balaban J connectivity index is 1.46. The van der Waals surface area contributed by atoms with Crippen LogP contribution in [0.15, 0.2) is 120 Å². The SMILES string of the molecule is CC(C)(OCc1ccccc1)[C@H]1COC(c2ccccc2P(c2ccccc2)c2ccccc2)=N1. The van der Waals surface area contributed by atoms with Gasteiger partial charge in [-0.25, -0.2) is 4.99 Å². The second-order valence-corrected chi connectivity index (χ2v) is 11.3. The van der Waals surface area contributed by atoms with Crippen LogP contribution in [0.4, 0.5) is 0 Å². The maximum atomic E-state index is 6.32. The van der Waals surface area contributed by atoms with Gasteiger partial charge < -0.3 is 9.47 Å². The third-order valence-electron chi connectivity index (χ3n) is 6.31. The van der Waals surface area contributed by atoms with E-state index < -0.39 is 13.5 Å². The number of ether oxygens (including phenoxy) is 2. The highest BCUT2D eigenvalue weighted by Gasteiger charge is 2.36. The number of nitrogens with zero attached hydrogens (tertiary/aromatic N) is 1. The molecule has 176 valence electrons. The van der Waals surface area contributed by atoms with Crippen LogP contribution in [-0.2, 0) is 16.1 Å². The Kier molecular flexibility index (Phi) is 7.08. The Morgan fingerprint density at radius 1 is 0.771 bits per heavy atom. The van der Waals surface area contributed by atoms with Crippen molar-refractivity contribution in [2.24, 2.45) is 4.99 Å². The molecule has 0 saturated carbocycles. The second kappa shape index (κ2) is 10.6. The summed E-state index contributed by atoms with van der Waals surface area (Å²) in [5.41, 5.74) is 1.77.